The monoisotopic (exact) mass is 515 g/mol. The van der Waals surface area contributed by atoms with Crippen LogP contribution in [0.25, 0.3) is 0 Å². The number of halogens is 1. The summed E-state index contributed by atoms with van der Waals surface area (Å²) >= 11 is 0. The molecular weight excluding hydrogens is 466 g/mol. The molecule has 4 fully saturated rings. The Morgan fingerprint density at radius 3 is 1.92 bits per heavy atom. The normalized spacial score (nSPS) is 29.1. The second-order valence-corrected chi connectivity index (χ2v) is 12.0. The standard InChI is InChI=1S/C31H49N3O.ClH/c35-30-31(34(25-32-30)27-17-11-8-12-18-27)21-23-33(24-22-31)29-20-14-7-3-6-13-19-28(29)26-15-9-4-1-2-5-10-16-26;/h8,11-12,17-18,26,28-29H,1-7,9-10,13-16,19-25H2,(H,32,35);1H. The van der Waals surface area contributed by atoms with Crippen LogP contribution in [0.2, 0.25) is 0 Å². The number of likely N-dealkylation sites (tertiary alicyclic amines) is 1. The molecule has 4 aliphatic rings. The molecule has 4 nitrogen and oxygen atoms in total. The molecule has 1 amide bonds. The van der Waals surface area contributed by atoms with E-state index in [1.807, 2.05) is 0 Å². The van der Waals surface area contributed by atoms with Gasteiger partial charge in [0.1, 0.15) is 5.54 Å². The van der Waals surface area contributed by atoms with Crippen LogP contribution in [0.3, 0.4) is 0 Å². The molecule has 1 N–H and O–H groups in total. The summed E-state index contributed by atoms with van der Waals surface area (Å²) in [5.74, 6) is 2.04. The Kier molecular flexibility index (Phi) is 10.4. The summed E-state index contributed by atoms with van der Waals surface area (Å²) in [6.45, 7) is 2.80. The summed E-state index contributed by atoms with van der Waals surface area (Å²) in [6.07, 6.45) is 23.5. The van der Waals surface area contributed by atoms with Gasteiger partial charge in [0.05, 0.1) is 6.67 Å². The largest absolute Gasteiger partial charge is 0.339 e. The van der Waals surface area contributed by atoms with Gasteiger partial charge < -0.3 is 10.2 Å². The number of piperidine rings is 1. The zero-order chi connectivity index (χ0) is 23.9. The highest BCUT2D eigenvalue weighted by molar-refractivity contribution is 5.93. The molecule has 202 valence electrons. The predicted molar refractivity (Wildman–Crippen MR) is 153 cm³/mol. The molecule has 1 aromatic carbocycles. The van der Waals surface area contributed by atoms with Gasteiger partial charge in [0.25, 0.3) is 0 Å². The molecule has 2 saturated heterocycles. The third kappa shape index (κ3) is 6.23. The number of rotatable bonds is 3. The van der Waals surface area contributed by atoms with Crippen LogP contribution in [0, 0.1) is 11.8 Å². The Bertz CT molecular complexity index is 784. The molecule has 1 aromatic rings. The molecule has 2 aliphatic carbocycles. The zero-order valence-electron chi connectivity index (χ0n) is 22.5. The van der Waals surface area contributed by atoms with Crippen molar-refractivity contribution in [3.8, 4) is 0 Å². The quantitative estimate of drug-likeness (QED) is 0.458. The Morgan fingerprint density at radius 2 is 1.28 bits per heavy atom. The minimum absolute atomic E-state index is 0. The lowest BCUT2D eigenvalue weighted by atomic mass is 9.74. The third-order valence-corrected chi connectivity index (χ3v) is 10.0. The van der Waals surface area contributed by atoms with E-state index in [1.54, 1.807) is 0 Å². The molecule has 5 rings (SSSR count). The summed E-state index contributed by atoms with van der Waals surface area (Å²) in [7, 11) is 0. The molecule has 2 aliphatic heterocycles. The smallest absolute Gasteiger partial charge is 0.247 e. The highest BCUT2D eigenvalue weighted by atomic mass is 35.5. The van der Waals surface area contributed by atoms with Crippen LogP contribution in [0.5, 0.6) is 0 Å². The second kappa shape index (κ2) is 13.5. The number of amides is 1. The number of nitrogens with one attached hydrogen (secondary N) is 1. The first-order chi connectivity index (χ1) is 17.3. The number of anilines is 1. The van der Waals surface area contributed by atoms with Gasteiger partial charge in [0.2, 0.25) is 5.91 Å². The molecule has 2 saturated carbocycles. The van der Waals surface area contributed by atoms with E-state index in [0.29, 0.717) is 6.67 Å². The van der Waals surface area contributed by atoms with Gasteiger partial charge in [-0.3, -0.25) is 9.69 Å². The van der Waals surface area contributed by atoms with Crippen molar-refractivity contribution >= 4 is 24.0 Å². The fraction of sp³-hybridized carbons (Fsp3) is 0.774. The predicted octanol–water partition coefficient (Wildman–Crippen LogP) is 7.32. The van der Waals surface area contributed by atoms with Crippen molar-refractivity contribution in [1.82, 2.24) is 10.2 Å². The van der Waals surface area contributed by atoms with Crippen molar-refractivity contribution in [3.63, 3.8) is 0 Å². The number of hydrogen-bond acceptors (Lipinski definition) is 3. The van der Waals surface area contributed by atoms with E-state index in [2.05, 4.69) is 45.4 Å². The van der Waals surface area contributed by atoms with Crippen molar-refractivity contribution < 1.29 is 4.79 Å². The SMILES string of the molecule is Cl.O=C1NCN(c2ccccc2)C12CCN(C1CCCCCCCC1C1CCCCCCCC1)CC2. The fourth-order valence-corrected chi connectivity index (χ4v) is 8.02. The first-order valence-corrected chi connectivity index (χ1v) is 15.1. The highest BCUT2D eigenvalue weighted by Gasteiger charge is 2.51. The Morgan fingerprint density at radius 1 is 0.722 bits per heavy atom. The molecule has 2 unspecified atom stereocenters. The lowest BCUT2D eigenvalue weighted by Crippen LogP contribution is -2.59. The maximum absolute atomic E-state index is 13.2. The maximum atomic E-state index is 13.2. The topological polar surface area (TPSA) is 35.6 Å². The van der Waals surface area contributed by atoms with E-state index < -0.39 is 0 Å². The number of carbonyl (C=O) groups is 1. The van der Waals surface area contributed by atoms with E-state index in [1.165, 1.54) is 102 Å². The van der Waals surface area contributed by atoms with Gasteiger partial charge in [-0.2, -0.15) is 0 Å². The van der Waals surface area contributed by atoms with Gasteiger partial charge in [-0.25, -0.2) is 0 Å². The van der Waals surface area contributed by atoms with Crippen LogP contribution in [0.1, 0.15) is 109 Å². The van der Waals surface area contributed by atoms with Crippen LogP contribution in [-0.4, -0.2) is 42.1 Å². The molecule has 2 heterocycles. The lowest BCUT2D eigenvalue weighted by Gasteiger charge is -2.48. The number of benzene rings is 1. The van der Waals surface area contributed by atoms with E-state index in [4.69, 9.17) is 0 Å². The third-order valence-electron chi connectivity index (χ3n) is 10.0. The van der Waals surface area contributed by atoms with Crippen LogP contribution in [-0.2, 0) is 4.79 Å². The summed E-state index contributed by atoms with van der Waals surface area (Å²) in [5.41, 5.74) is 0.828. The van der Waals surface area contributed by atoms with E-state index in [0.717, 1.165) is 43.8 Å². The average molecular weight is 516 g/mol. The average Bonchev–Trinajstić information content (AvgIpc) is 3.32. The van der Waals surface area contributed by atoms with Crippen LogP contribution >= 0.6 is 12.4 Å². The van der Waals surface area contributed by atoms with Crippen LogP contribution in [0.15, 0.2) is 30.3 Å². The van der Waals surface area contributed by atoms with E-state index >= 15 is 0 Å². The fourth-order valence-electron chi connectivity index (χ4n) is 8.02. The van der Waals surface area contributed by atoms with Crippen LogP contribution in [0.4, 0.5) is 5.69 Å². The second-order valence-electron chi connectivity index (χ2n) is 12.0. The molecule has 0 radical (unpaired) electrons. The zero-order valence-corrected chi connectivity index (χ0v) is 23.3. The molecule has 1 spiro atoms. The van der Waals surface area contributed by atoms with Crippen molar-refractivity contribution in [2.24, 2.45) is 11.8 Å². The summed E-state index contributed by atoms with van der Waals surface area (Å²) < 4.78 is 0. The highest BCUT2D eigenvalue weighted by Crippen LogP contribution is 2.41. The maximum Gasteiger partial charge on any atom is 0.247 e. The minimum atomic E-state index is -0.357. The molecule has 36 heavy (non-hydrogen) atoms. The van der Waals surface area contributed by atoms with E-state index in [-0.39, 0.29) is 23.9 Å². The summed E-state index contributed by atoms with van der Waals surface area (Å²) in [5, 5.41) is 3.20. The van der Waals surface area contributed by atoms with Gasteiger partial charge in [-0.15, -0.1) is 12.4 Å². The number of hydrogen-bond donors (Lipinski definition) is 1. The van der Waals surface area contributed by atoms with Crippen LogP contribution < -0.4 is 10.2 Å². The lowest BCUT2D eigenvalue weighted by molar-refractivity contribution is -0.125. The first kappa shape index (κ1) is 27.8. The van der Waals surface area contributed by atoms with Crippen molar-refractivity contribution in [2.45, 2.75) is 121 Å². The molecule has 2 atom stereocenters. The van der Waals surface area contributed by atoms with Crippen molar-refractivity contribution in [2.75, 3.05) is 24.7 Å². The van der Waals surface area contributed by atoms with Gasteiger partial charge in [0.15, 0.2) is 0 Å². The number of carbonyl (C=O) groups excluding carboxylic acids is 1. The summed E-state index contributed by atoms with van der Waals surface area (Å²) in [6, 6.07) is 11.3. The van der Waals surface area contributed by atoms with Gasteiger partial charge >= 0.3 is 0 Å². The first-order valence-electron chi connectivity index (χ1n) is 15.1. The van der Waals surface area contributed by atoms with Crippen molar-refractivity contribution in [3.05, 3.63) is 30.3 Å². The Hall–Kier alpha value is -1.26. The van der Waals surface area contributed by atoms with E-state index in [9.17, 15) is 4.79 Å². The Balaban J connectivity index is 0.00000304. The molecule has 0 bridgehead atoms. The summed E-state index contributed by atoms with van der Waals surface area (Å²) in [4.78, 5) is 18.4. The molecule has 0 aromatic heterocycles. The van der Waals surface area contributed by atoms with Gasteiger partial charge in [-0.1, -0.05) is 102 Å². The number of para-hydroxylation sites is 1. The number of nitrogens with zero attached hydrogens (tertiary/aromatic N) is 2. The van der Waals surface area contributed by atoms with Gasteiger partial charge in [0, 0.05) is 24.8 Å². The van der Waals surface area contributed by atoms with Crippen molar-refractivity contribution in [1.29, 1.82) is 0 Å². The Labute approximate surface area is 226 Å². The molecular formula is C31H50ClN3O. The minimum Gasteiger partial charge on any atom is -0.339 e. The molecule has 5 heteroatoms. The van der Waals surface area contributed by atoms with Gasteiger partial charge in [-0.05, 0) is 49.7 Å².